The predicted octanol–water partition coefficient (Wildman–Crippen LogP) is 1.53. The Labute approximate surface area is 107 Å². The van der Waals surface area contributed by atoms with Gasteiger partial charge in [0.15, 0.2) is 0 Å². The fourth-order valence-electron chi connectivity index (χ4n) is 2.39. The molecule has 4 heteroatoms. The molecule has 3 N–H and O–H groups in total. The molecule has 0 saturated heterocycles. The highest BCUT2D eigenvalue weighted by Crippen LogP contribution is 2.32. The van der Waals surface area contributed by atoms with Gasteiger partial charge >= 0.3 is 0 Å². The van der Waals surface area contributed by atoms with E-state index in [2.05, 4.69) is 40.1 Å². The Kier molecular flexibility index (Phi) is 2.84. The van der Waals surface area contributed by atoms with Crippen LogP contribution < -0.4 is 5.73 Å². The average Bonchev–Trinajstić information content (AvgIpc) is 2.91. The third-order valence-corrected chi connectivity index (χ3v) is 3.74. The fourth-order valence-corrected chi connectivity index (χ4v) is 2.39. The molecule has 0 unspecified atom stereocenters. The molecular formula is C14H20N4. The summed E-state index contributed by atoms with van der Waals surface area (Å²) in [4.78, 5) is 9.72. The minimum Gasteiger partial charge on any atom is -0.345 e. The van der Waals surface area contributed by atoms with Crippen LogP contribution in [0.3, 0.4) is 0 Å². The lowest BCUT2D eigenvalue weighted by molar-refractivity contribution is 0.306. The van der Waals surface area contributed by atoms with Gasteiger partial charge in [-0.1, -0.05) is 6.07 Å². The van der Waals surface area contributed by atoms with E-state index >= 15 is 0 Å². The Balaban J connectivity index is 1.58. The Hall–Kier alpha value is -1.39. The SMILES string of the molecule is CN(CCc1ccc2nc[nH]c2c1)CC1(N)CC1. The van der Waals surface area contributed by atoms with Crippen molar-refractivity contribution in [1.29, 1.82) is 0 Å². The van der Waals surface area contributed by atoms with Crippen molar-refractivity contribution in [2.24, 2.45) is 5.73 Å². The summed E-state index contributed by atoms with van der Waals surface area (Å²) >= 11 is 0. The minimum atomic E-state index is 0.113. The van der Waals surface area contributed by atoms with Crippen LogP contribution in [0.5, 0.6) is 0 Å². The first-order valence-corrected chi connectivity index (χ1v) is 6.54. The number of nitrogens with one attached hydrogen (secondary N) is 1. The Morgan fingerprint density at radius 1 is 1.44 bits per heavy atom. The minimum absolute atomic E-state index is 0.113. The maximum absolute atomic E-state index is 6.12. The van der Waals surface area contributed by atoms with Crippen molar-refractivity contribution in [2.75, 3.05) is 20.1 Å². The second kappa shape index (κ2) is 4.37. The molecule has 4 nitrogen and oxygen atoms in total. The molecule has 96 valence electrons. The highest BCUT2D eigenvalue weighted by atomic mass is 15.1. The first-order valence-electron chi connectivity index (χ1n) is 6.54. The second-order valence-corrected chi connectivity index (χ2v) is 5.60. The molecule has 0 atom stereocenters. The molecule has 1 heterocycles. The number of fused-ring (bicyclic) bond motifs is 1. The lowest BCUT2D eigenvalue weighted by Crippen LogP contribution is -2.38. The normalized spacial score (nSPS) is 17.5. The lowest BCUT2D eigenvalue weighted by atomic mass is 10.1. The van der Waals surface area contributed by atoms with Crippen LogP contribution in [0.1, 0.15) is 18.4 Å². The summed E-state index contributed by atoms with van der Waals surface area (Å²) in [5, 5.41) is 0. The molecule has 1 aromatic carbocycles. The van der Waals surface area contributed by atoms with Gasteiger partial charge in [0.05, 0.1) is 17.4 Å². The monoisotopic (exact) mass is 244 g/mol. The van der Waals surface area contributed by atoms with Crippen LogP contribution in [-0.4, -0.2) is 40.5 Å². The van der Waals surface area contributed by atoms with E-state index in [1.165, 1.54) is 18.4 Å². The third-order valence-electron chi connectivity index (χ3n) is 3.74. The van der Waals surface area contributed by atoms with Crippen molar-refractivity contribution in [1.82, 2.24) is 14.9 Å². The van der Waals surface area contributed by atoms with Crippen LogP contribution in [0.25, 0.3) is 11.0 Å². The van der Waals surface area contributed by atoms with Gasteiger partial charge in [0.25, 0.3) is 0 Å². The van der Waals surface area contributed by atoms with Crippen LogP contribution in [0.15, 0.2) is 24.5 Å². The van der Waals surface area contributed by atoms with Gasteiger partial charge in [0.2, 0.25) is 0 Å². The van der Waals surface area contributed by atoms with Gasteiger partial charge < -0.3 is 15.6 Å². The molecule has 3 rings (SSSR count). The number of aromatic amines is 1. The maximum atomic E-state index is 6.12. The van der Waals surface area contributed by atoms with Crippen molar-refractivity contribution in [2.45, 2.75) is 24.8 Å². The van der Waals surface area contributed by atoms with Crippen LogP contribution in [0.2, 0.25) is 0 Å². The third kappa shape index (κ3) is 2.54. The molecular weight excluding hydrogens is 224 g/mol. The highest BCUT2D eigenvalue weighted by molar-refractivity contribution is 5.75. The zero-order valence-electron chi connectivity index (χ0n) is 10.8. The number of nitrogens with zero attached hydrogens (tertiary/aromatic N) is 2. The smallest absolute Gasteiger partial charge is 0.0931 e. The number of hydrogen-bond acceptors (Lipinski definition) is 3. The van der Waals surface area contributed by atoms with Gasteiger partial charge in [0.1, 0.15) is 0 Å². The number of aromatic nitrogens is 2. The molecule has 2 aromatic rings. The van der Waals surface area contributed by atoms with Gasteiger partial charge in [-0.15, -0.1) is 0 Å². The summed E-state index contributed by atoms with van der Waals surface area (Å²) in [5.74, 6) is 0. The molecule has 0 radical (unpaired) electrons. The zero-order valence-corrected chi connectivity index (χ0v) is 10.8. The summed E-state index contributed by atoms with van der Waals surface area (Å²) in [6, 6.07) is 6.42. The van der Waals surface area contributed by atoms with E-state index in [1.54, 1.807) is 6.33 Å². The highest BCUT2D eigenvalue weighted by Gasteiger charge is 2.38. The van der Waals surface area contributed by atoms with Gasteiger partial charge in [-0.05, 0) is 44.0 Å². The molecule has 1 aliphatic carbocycles. The second-order valence-electron chi connectivity index (χ2n) is 5.60. The Bertz CT molecular complexity index is 541. The molecule has 18 heavy (non-hydrogen) atoms. The van der Waals surface area contributed by atoms with E-state index in [0.717, 1.165) is 30.5 Å². The largest absolute Gasteiger partial charge is 0.345 e. The van der Waals surface area contributed by atoms with Crippen LogP contribution in [0, 0.1) is 0 Å². The number of hydrogen-bond donors (Lipinski definition) is 2. The molecule has 1 fully saturated rings. The van der Waals surface area contributed by atoms with E-state index in [1.807, 2.05) is 0 Å². The summed E-state index contributed by atoms with van der Waals surface area (Å²) in [6.45, 7) is 2.07. The van der Waals surface area contributed by atoms with Crippen LogP contribution in [-0.2, 0) is 6.42 Å². The molecule has 1 saturated carbocycles. The summed E-state index contributed by atoms with van der Waals surface area (Å²) < 4.78 is 0. The molecule has 0 aliphatic heterocycles. The zero-order chi connectivity index (χ0) is 12.6. The first kappa shape index (κ1) is 11.7. The van der Waals surface area contributed by atoms with Crippen LogP contribution in [0.4, 0.5) is 0 Å². The number of nitrogens with two attached hydrogens (primary N) is 1. The number of rotatable bonds is 5. The Morgan fingerprint density at radius 3 is 3.06 bits per heavy atom. The van der Waals surface area contributed by atoms with Gasteiger partial charge in [-0.25, -0.2) is 4.98 Å². The number of benzene rings is 1. The maximum Gasteiger partial charge on any atom is 0.0931 e. The molecule has 1 aliphatic rings. The van der Waals surface area contributed by atoms with Gasteiger partial charge in [-0.3, -0.25) is 0 Å². The van der Waals surface area contributed by atoms with Crippen molar-refractivity contribution in [3.8, 4) is 0 Å². The summed E-state index contributed by atoms with van der Waals surface area (Å²) in [5.41, 5.74) is 9.73. The average molecular weight is 244 g/mol. The molecule has 1 aromatic heterocycles. The molecule has 0 amide bonds. The number of imidazole rings is 1. The quantitative estimate of drug-likeness (QED) is 0.838. The number of likely N-dealkylation sites (N-methyl/N-ethyl adjacent to an activating group) is 1. The summed E-state index contributed by atoms with van der Waals surface area (Å²) in [7, 11) is 2.15. The molecule has 0 bridgehead atoms. The van der Waals surface area contributed by atoms with E-state index in [-0.39, 0.29) is 5.54 Å². The fraction of sp³-hybridized carbons (Fsp3) is 0.500. The van der Waals surface area contributed by atoms with E-state index < -0.39 is 0 Å². The van der Waals surface area contributed by atoms with Gasteiger partial charge in [0, 0.05) is 18.6 Å². The summed E-state index contributed by atoms with van der Waals surface area (Å²) in [6.07, 6.45) is 5.16. The van der Waals surface area contributed by atoms with E-state index in [4.69, 9.17) is 5.73 Å². The predicted molar refractivity (Wildman–Crippen MR) is 73.4 cm³/mol. The van der Waals surface area contributed by atoms with E-state index in [0.29, 0.717) is 0 Å². The Morgan fingerprint density at radius 2 is 2.28 bits per heavy atom. The van der Waals surface area contributed by atoms with E-state index in [9.17, 15) is 0 Å². The van der Waals surface area contributed by atoms with Gasteiger partial charge in [-0.2, -0.15) is 0 Å². The first-order chi connectivity index (χ1) is 8.65. The van der Waals surface area contributed by atoms with Crippen molar-refractivity contribution >= 4 is 11.0 Å². The van der Waals surface area contributed by atoms with Crippen LogP contribution >= 0.6 is 0 Å². The lowest BCUT2D eigenvalue weighted by Gasteiger charge is -2.20. The topological polar surface area (TPSA) is 57.9 Å². The standard InChI is InChI=1S/C14H20N4/c1-18(9-14(15)5-6-14)7-4-11-2-3-12-13(8-11)17-10-16-12/h2-3,8,10H,4-7,9,15H2,1H3,(H,16,17). The number of H-pyrrole nitrogens is 1. The molecule has 0 spiro atoms. The van der Waals surface area contributed by atoms with Crippen molar-refractivity contribution in [3.63, 3.8) is 0 Å². The van der Waals surface area contributed by atoms with Crippen molar-refractivity contribution in [3.05, 3.63) is 30.1 Å². The van der Waals surface area contributed by atoms with Crippen molar-refractivity contribution < 1.29 is 0 Å².